The molecule has 9 heteroatoms. The van der Waals surface area contributed by atoms with Gasteiger partial charge < -0.3 is 14.8 Å². The van der Waals surface area contributed by atoms with Crippen molar-refractivity contribution < 1.29 is 22.7 Å². The Bertz CT molecular complexity index is 1210. The summed E-state index contributed by atoms with van der Waals surface area (Å²) in [6.45, 7) is 1.16. The minimum Gasteiger partial charge on any atom is -0.497 e. The summed E-state index contributed by atoms with van der Waals surface area (Å²) in [4.78, 5) is 13.5. The predicted octanol–water partition coefficient (Wildman–Crippen LogP) is 4.86. The van der Waals surface area contributed by atoms with Crippen LogP contribution in [0, 0.1) is 0 Å². The third-order valence-electron chi connectivity index (χ3n) is 5.53. The van der Waals surface area contributed by atoms with Crippen LogP contribution in [0.25, 0.3) is 10.4 Å². The van der Waals surface area contributed by atoms with Crippen molar-refractivity contribution in [2.24, 2.45) is 0 Å². The number of hydrogen-bond acceptors (Lipinski definition) is 6. The number of nitrogens with zero attached hydrogens (tertiary/aromatic N) is 1. The SMILES string of the molecule is COc1cc(NC(=O)c2ccc(-c3ccc(S(=O)(=O)N4CCCCC4)s3)cc2)cc(OC)c1. The predicted molar refractivity (Wildman–Crippen MR) is 130 cm³/mol. The zero-order valence-electron chi connectivity index (χ0n) is 18.5. The molecule has 1 saturated heterocycles. The molecule has 1 aromatic heterocycles. The molecule has 7 nitrogen and oxygen atoms in total. The van der Waals surface area contributed by atoms with Gasteiger partial charge in [0.1, 0.15) is 15.7 Å². The second kappa shape index (κ2) is 9.94. The fourth-order valence-corrected chi connectivity index (χ4v) is 6.70. The minimum atomic E-state index is -3.45. The van der Waals surface area contributed by atoms with Crippen LogP contribution in [0.2, 0.25) is 0 Å². The summed E-state index contributed by atoms with van der Waals surface area (Å²) in [5.74, 6) is 0.886. The molecule has 2 heterocycles. The van der Waals surface area contributed by atoms with E-state index in [0.717, 1.165) is 29.7 Å². The summed E-state index contributed by atoms with van der Waals surface area (Å²) >= 11 is 1.25. The van der Waals surface area contributed by atoms with E-state index < -0.39 is 10.0 Å². The van der Waals surface area contributed by atoms with Gasteiger partial charge in [-0.15, -0.1) is 11.3 Å². The Labute approximate surface area is 198 Å². The number of hydrogen-bond donors (Lipinski definition) is 1. The maximum Gasteiger partial charge on any atom is 0.255 e. The van der Waals surface area contributed by atoms with Gasteiger partial charge in [0.15, 0.2) is 0 Å². The molecule has 2 aromatic carbocycles. The van der Waals surface area contributed by atoms with Gasteiger partial charge >= 0.3 is 0 Å². The van der Waals surface area contributed by atoms with E-state index in [1.165, 1.54) is 11.3 Å². The Morgan fingerprint density at radius 1 is 0.909 bits per heavy atom. The Balaban J connectivity index is 1.48. The van der Waals surface area contributed by atoms with Crippen molar-refractivity contribution in [3.63, 3.8) is 0 Å². The molecule has 0 unspecified atom stereocenters. The van der Waals surface area contributed by atoms with Gasteiger partial charge in [-0.3, -0.25) is 4.79 Å². The van der Waals surface area contributed by atoms with Crippen molar-refractivity contribution in [3.8, 4) is 21.9 Å². The Hall–Kier alpha value is -2.88. The molecule has 4 rings (SSSR count). The van der Waals surface area contributed by atoms with Crippen LogP contribution in [0.5, 0.6) is 11.5 Å². The van der Waals surface area contributed by atoms with E-state index in [1.54, 1.807) is 54.9 Å². The summed E-state index contributed by atoms with van der Waals surface area (Å²) in [7, 11) is -0.353. The zero-order valence-corrected chi connectivity index (χ0v) is 20.2. The topological polar surface area (TPSA) is 84.9 Å². The molecule has 0 bridgehead atoms. The lowest BCUT2D eigenvalue weighted by Gasteiger charge is -2.25. The fourth-order valence-electron chi connectivity index (χ4n) is 3.72. The highest BCUT2D eigenvalue weighted by Gasteiger charge is 2.27. The summed E-state index contributed by atoms with van der Waals surface area (Å²) in [5.41, 5.74) is 1.91. The first-order chi connectivity index (χ1) is 15.9. The van der Waals surface area contributed by atoms with E-state index >= 15 is 0 Å². The average Bonchev–Trinajstić information content (AvgIpc) is 3.35. The number of methoxy groups -OCH3 is 2. The second-order valence-electron chi connectivity index (χ2n) is 7.72. The standard InChI is InChI=1S/C24H26N2O5S2/c1-30-20-14-19(15-21(16-20)31-2)25-24(27)18-8-6-17(7-9-18)22-10-11-23(32-22)33(28,29)26-12-4-3-5-13-26/h6-11,14-16H,3-5,12-13H2,1-2H3,(H,25,27). The highest BCUT2D eigenvalue weighted by Crippen LogP contribution is 2.33. The van der Waals surface area contributed by atoms with E-state index in [4.69, 9.17) is 9.47 Å². The number of thiophene rings is 1. The molecule has 1 amide bonds. The molecule has 0 saturated carbocycles. The molecule has 33 heavy (non-hydrogen) atoms. The third kappa shape index (κ3) is 5.21. The smallest absolute Gasteiger partial charge is 0.255 e. The number of nitrogens with one attached hydrogen (secondary N) is 1. The second-order valence-corrected chi connectivity index (χ2v) is 11.0. The molecule has 0 aliphatic carbocycles. The number of rotatable bonds is 7. The number of ether oxygens (including phenoxy) is 2. The largest absolute Gasteiger partial charge is 0.497 e. The summed E-state index contributed by atoms with van der Waals surface area (Å²) in [6.07, 6.45) is 2.89. The molecular weight excluding hydrogens is 460 g/mol. The van der Waals surface area contributed by atoms with E-state index in [1.807, 2.05) is 18.2 Å². The van der Waals surface area contributed by atoms with Crippen LogP contribution in [0.1, 0.15) is 29.6 Å². The van der Waals surface area contributed by atoms with Gasteiger partial charge in [0.25, 0.3) is 15.9 Å². The molecule has 1 fully saturated rings. The molecule has 0 spiro atoms. The number of benzene rings is 2. The van der Waals surface area contributed by atoms with Crippen LogP contribution in [0.3, 0.4) is 0 Å². The van der Waals surface area contributed by atoms with Crippen molar-refractivity contribution in [2.75, 3.05) is 32.6 Å². The fraction of sp³-hybridized carbons (Fsp3) is 0.292. The van der Waals surface area contributed by atoms with Crippen LogP contribution < -0.4 is 14.8 Å². The summed E-state index contributed by atoms with van der Waals surface area (Å²) < 4.78 is 38.2. The van der Waals surface area contributed by atoms with E-state index in [9.17, 15) is 13.2 Å². The minimum absolute atomic E-state index is 0.267. The van der Waals surface area contributed by atoms with Crippen molar-refractivity contribution in [1.29, 1.82) is 0 Å². The van der Waals surface area contributed by atoms with Crippen molar-refractivity contribution >= 4 is 33.0 Å². The zero-order chi connectivity index (χ0) is 23.4. The monoisotopic (exact) mass is 486 g/mol. The molecule has 1 N–H and O–H groups in total. The van der Waals surface area contributed by atoms with E-state index in [-0.39, 0.29) is 5.91 Å². The average molecular weight is 487 g/mol. The maximum absolute atomic E-state index is 12.9. The number of sulfonamides is 1. The van der Waals surface area contributed by atoms with Gasteiger partial charge in [0.2, 0.25) is 0 Å². The Morgan fingerprint density at radius 3 is 2.15 bits per heavy atom. The Morgan fingerprint density at radius 2 is 1.55 bits per heavy atom. The van der Waals surface area contributed by atoms with Gasteiger partial charge in [-0.1, -0.05) is 18.6 Å². The first kappa shape index (κ1) is 23.3. The number of amides is 1. The molecule has 3 aromatic rings. The lowest BCUT2D eigenvalue weighted by Crippen LogP contribution is -2.35. The van der Waals surface area contributed by atoms with Crippen LogP contribution in [0.15, 0.2) is 58.8 Å². The first-order valence-electron chi connectivity index (χ1n) is 10.7. The van der Waals surface area contributed by atoms with Gasteiger partial charge in [-0.2, -0.15) is 4.31 Å². The van der Waals surface area contributed by atoms with Crippen LogP contribution in [-0.2, 0) is 10.0 Å². The van der Waals surface area contributed by atoms with Crippen LogP contribution >= 0.6 is 11.3 Å². The molecule has 0 atom stereocenters. The van der Waals surface area contributed by atoms with Crippen LogP contribution in [0.4, 0.5) is 5.69 Å². The van der Waals surface area contributed by atoms with Gasteiger partial charge in [0.05, 0.1) is 14.2 Å². The Kier molecular flexibility index (Phi) is 7.02. The molecule has 1 aliphatic heterocycles. The van der Waals surface area contributed by atoms with Crippen molar-refractivity contribution in [1.82, 2.24) is 4.31 Å². The number of piperidine rings is 1. The molecule has 0 radical (unpaired) electrons. The normalized spacial score (nSPS) is 14.6. The molecule has 174 valence electrons. The third-order valence-corrected chi connectivity index (χ3v) is 9.03. The number of anilines is 1. The first-order valence-corrected chi connectivity index (χ1v) is 12.9. The molecule has 1 aliphatic rings. The highest BCUT2D eigenvalue weighted by molar-refractivity contribution is 7.91. The van der Waals surface area contributed by atoms with E-state index in [2.05, 4.69) is 5.32 Å². The summed E-state index contributed by atoms with van der Waals surface area (Å²) in [5, 5.41) is 2.85. The highest BCUT2D eigenvalue weighted by atomic mass is 32.2. The van der Waals surface area contributed by atoms with Crippen LogP contribution in [-0.4, -0.2) is 45.9 Å². The molecular formula is C24H26N2O5S2. The van der Waals surface area contributed by atoms with Crippen molar-refractivity contribution in [2.45, 2.75) is 23.5 Å². The lowest BCUT2D eigenvalue weighted by atomic mass is 10.1. The quantitative estimate of drug-likeness (QED) is 0.516. The van der Waals surface area contributed by atoms with Crippen molar-refractivity contribution in [3.05, 3.63) is 60.2 Å². The van der Waals surface area contributed by atoms with E-state index in [0.29, 0.717) is 40.0 Å². The van der Waals surface area contributed by atoms with Gasteiger partial charge in [0, 0.05) is 47.4 Å². The number of carbonyl (C=O) groups excluding carboxylic acids is 1. The van der Waals surface area contributed by atoms with Gasteiger partial charge in [-0.25, -0.2) is 8.42 Å². The maximum atomic E-state index is 12.9. The lowest BCUT2D eigenvalue weighted by molar-refractivity contribution is 0.102. The number of carbonyl (C=O) groups is 1. The summed E-state index contributed by atoms with van der Waals surface area (Å²) in [6, 6.07) is 15.7. The van der Waals surface area contributed by atoms with Gasteiger partial charge in [-0.05, 0) is 42.7 Å².